The van der Waals surface area contributed by atoms with Gasteiger partial charge in [0.25, 0.3) is 0 Å². The molecule has 6 heteroatoms. The standard InChI is InChI=1S/C22H26ClNO4/c1-4-22(23,5-2)13-17(14(3)15-9-7-6-8-10-15)16-11-18(20(25)26)24-19(12-16)21(27)28/h6-12,14,17H,4-5,13H2,1-3H3,(H,25,26)(H,27,28). The molecule has 0 aliphatic rings. The number of carboxylic acid groups (broad SMARTS) is 2. The van der Waals surface area contributed by atoms with Crippen LogP contribution < -0.4 is 0 Å². The maximum atomic E-state index is 11.5. The zero-order chi connectivity index (χ0) is 20.9. The fraction of sp³-hybridized carbons (Fsp3) is 0.409. The fourth-order valence-electron chi connectivity index (χ4n) is 3.49. The zero-order valence-corrected chi connectivity index (χ0v) is 17.1. The molecule has 0 amide bonds. The topological polar surface area (TPSA) is 87.5 Å². The number of hydrogen-bond donors (Lipinski definition) is 2. The van der Waals surface area contributed by atoms with Gasteiger partial charge in [-0.3, -0.25) is 0 Å². The second kappa shape index (κ2) is 9.20. The Hall–Kier alpha value is -2.40. The van der Waals surface area contributed by atoms with Crippen molar-refractivity contribution >= 4 is 23.5 Å². The van der Waals surface area contributed by atoms with E-state index in [1.165, 1.54) is 12.1 Å². The largest absolute Gasteiger partial charge is 0.477 e. The van der Waals surface area contributed by atoms with Crippen molar-refractivity contribution in [2.45, 2.75) is 56.7 Å². The van der Waals surface area contributed by atoms with E-state index >= 15 is 0 Å². The van der Waals surface area contributed by atoms with Crippen molar-refractivity contribution in [3.8, 4) is 0 Å². The molecule has 0 aliphatic carbocycles. The number of carboxylic acids is 2. The van der Waals surface area contributed by atoms with Gasteiger partial charge in [0.15, 0.2) is 0 Å². The van der Waals surface area contributed by atoms with Crippen LogP contribution in [0.15, 0.2) is 42.5 Å². The molecule has 5 nitrogen and oxygen atoms in total. The Balaban J connectivity index is 2.60. The molecule has 0 saturated heterocycles. The van der Waals surface area contributed by atoms with Crippen LogP contribution >= 0.6 is 11.6 Å². The SMILES string of the molecule is CCC(Cl)(CC)CC(c1cc(C(=O)O)nc(C(=O)O)c1)C(C)c1ccccc1. The third-order valence-corrected chi connectivity index (χ3v) is 6.18. The van der Waals surface area contributed by atoms with Crippen LogP contribution in [0.2, 0.25) is 0 Å². The first-order chi connectivity index (χ1) is 13.2. The molecule has 0 aliphatic heterocycles. The highest BCUT2D eigenvalue weighted by Crippen LogP contribution is 2.43. The van der Waals surface area contributed by atoms with Gasteiger partial charge in [-0.1, -0.05) is 51.1 Å². The van der Waals surface area contributed by atoms with Gasteiger partial charge in [0, 0.05) is 4.87 Å². The lowest BCUT2D eigenvalue weighted by Crippen LogP contribution is -2.25. The Morgan fingerprint density at radius 3 is 1.93 bits per heavy atom. The quantitative estimate of drug-likeness (QED) is 0.535. The lowest BCUT2D eigenvalue weighted by atomic mass is 9.76. The number of halogens is 1. The third-order valence-electron chi connectivity index (χ3n) is 5.50. The van der Waals surface area contributed by atoms with Crippen LogP contribution in [-0.4, -0.2) is 32.0 Å². The minimum atomic E-state index is -1.25. The molecule has 2 atom stereocenters. The summed E-state index contributed by atoms with van der Waals surface area (Å²) in [6, 6.07) is 12.8. The molecule has 2 rings (SSSR count). The van der Waals surface area contributed by atoms with Crippen LogP contribution in [0, 0.1) is 0 Å². The highest BCUT2D eigenvalue weighted by molar-refractivity contribution is 6.23. The molecule has 1 aromatic carbocycles. The van der Waals surface area contributed by atoms with Gasteiger partial charge in [-0.25, -0.2) is 14.6 Å². The molecule has 0 bridgehead atoms. The summed E-state index contributed by atoms with van der Waals surface area (Å²) in [4.78, 5) is 26.3. The summed E-state index contributed by atoms with van der Waals surface area (Å²) in [6.45, 7) is 6.11. The summed E-state index contributed by atoms with van der Waals surface area (Å²) in [7, 11) is 0. The number of hydrogen-bond acceptors (Lipinski definition) is 3. The number of benzene rings is 1. The highest BCUT2D eigenvalue weighted by Gasteiger charge is 2.32. The number of aromatic carboxylic acids is 2. The molecule has 150 valence electrons. The van der Waals surface area contributed by atoms with E-state index in [0.717, 1.165) is 18.4 Å². The fourth-order valence-corrected chi connectivity index (χ4v) is 3.66. The van der Waals surface area contributed by atoms with Crippen molar-refractivity contribution in [1.82, 2.24) is 4.98 Å². The number of alkyl halides is 1. The predicted molar refractivity (Wildman–Crippen MR) is 110 cm³/mol. The summed E-state index contributed by atoms with van der Waals surface area (Å²) in [5.41, 5.74) is 1.18. The number of rotatable bonds is 9. The van der Waals surface area contributed by atoms with Gasteiger partial charge in [-0.15, -0.1) is 11.6 Å². The molecule has 0 saturated carbocycles. The molecule has 2 N–H and O–H groups in total. The molecule has 0 radical (unpaired) electrons. The van der Waals surface area contributed by atoms with Crippen molar-refractivity contribution in [1.29, 1.82) is 0 Å². The van der Waals surface area contributed by atoms with E-state index in [1.54, 1.807) is 0 Å². The van der Waals surface area contributed by atoms with Crippen LogP contribution in [0.3, 0.4) is 0 Å². The Morgan fingerprint density at radius 2 is 1.50 bits per heavy atom. The molecule has 1 heterocycles. The van der Waals surface area contributed by atoms with E-state index < -0.39 is 16.8 Å². The summed E-state index contributed by atoms with van der Waals surface area (Å²) in [6.07, 6.45) is 2.11. The van der Waals surface area contributed by atoms with E-state index in [0.29, 0.717) is 12.0 Å². The Kier molecular flexibility index (Phi) is 7.19. The number of aromatic nitrogens is 1. The van der Waals surface area contributed by atoms with E-state index in [2.05, 4.69) is 11.9 Å². The Bertz CT molecular complexity index is 801. The van der Waals surface area contributed by atoms with Gasteiger partial charge in [-0.05, 0) is 54.4 Å². The molecule has 0 spiro atoms. The van der Waals surface area contributed by atoms with Gasteiger partial charge >= 0.3 is 11.9 Å². The van der Waals surface area contributed by atoms with Crippen LogP contribution in [-0.2, 0) is 0 Å². The maximum Gasteiger partial charge on any atom is 0.354 e. The van der Waals surface area contributed by atoms with Gasteiger partial charge in [0.2, 0.25) is 0 Å². The molecule has 1 aromatic heterocycles. The summed E-state index contributed by atoms with van der Waals surface area (Å²) in [5.74, 6) is -2.64. The third kappa shape index (κ3) is 5.10. The van der Waals surface area contributed by atoms with Crippen LogP contribution in [0.4, 0.5) is 0 Å². The number of nitrogens with zero attached hydrogens (tertiary/aromatic N) is 1. The Morgan fingerprint density at radius 1 is 1.00 bits per heavy atom. The first kappa shape index (κ1) is 21.9. The summed E-state index contributed by atoms with van der Waals surface area (Å²) < 4.78 is 0. The van der Waals surface area contributed by atoms with Crippen LogP contribution in [0.5, 0.6) is 0 Å². The summed E-state index contributed by atoms with van der Waals surface area (Å²) in [5, 5.41) is 18.8. The van der Waals surface area contributed by atoms with Gasteiger partial charge in [0.05, 0.1) is 0 Å². The van der Waals surface area contributed by atoms with Gasteiger partial charge < -0.3 is 10.2 Å². The van der Waals surface area contributed by atoms with Gasteiger partial charge in [0.1, 0.15) is 11.4 Å². The van der Waals surface area contributed by atoms with E-state index in [-0.39, 0.29) is 23.2 Å². The second-order valence-corrected chi connectivity index (χ2v) is 7.95. The number of carbonyl (C=O) groups is 2. The van der Waals surface area contributed by atoms with Crippen LogP contribution in [0.25, 0.3) is 0 Å². The monoisotopic (exact) mass is 403 g/mol. The molecule has 2 unspecified atom stereocenters. The van der Waals surface area contributed by atoms with Gasteiger partial charge in [-0.2, -0.15) is 0 Å². The molecular formula is C22H26ClNO4. The van der Waals surface area contributed by atoms with Crippen molar-refractivity contribution in [3.05, 3.63) is 65.0 Å². The summed E-state index contributed by atoms with van der Waals surface area (Å²) >= 11 is 6.84. The first-order valence-electron chi connectivity index (χ1n) is 9.43. The normalized spacial score (nSPS) is 13.7. The molecule has 0 fully saturated rings. The smallest absolute Gasteiger partial charge is 0.354 e. The second-order valence-electron chi connectivity index (χ2n) is 7.15. The minimum Gasteiger partial charge on any atom is -0.477 e. The van der Waals surface area contributed by atoms with Crippen molar-refractivity contribution in [2.75, 3.05) is 0 Å². The van der Waals surface area contributed by atoms with Crippen molar-refractivity contribution in [2.24, 2.45) is 0 Å². The average Bonchev–Trinajstić information content (AvgIpc) is 2.71. The minimum absolute atomic E-state index is 0.0168. The first-order valence-corrected chi connectivity index (χ1v) is 9.81. The van der Waals surface area contributed by atoms with E-state index in [9.17, 15) is 19.8 Å². The lowest BCUT2D eigenvalue weighted by molar-refractivity contribution is 0.0684. The van der Waals surface area contributed by atoms with Crippen molar-refractivity contribution < 1.29 is 19.8 Å². The lowest BCUT2D eigenvalue weighted by Gasteiger charge is -2.33. The Labute approximate surface area is 170 Å². The van der Waals surface area contributed by atoms with E-state index in [4.69, 9.17) is 11.6 Å². The van der Waals surface area contributed by atoms with E-state index in [1.807, 2.05) is 44.2 Å². The average molecular weight is 404 g/mol. The van der Waals surface area contributed by atoms with Crippen LogP contribution in [0.1, 0.15) is 84.0 Å². The zero-order valence-electron chi connectivity index (χ0n) is 16.4. The molecular weight excluding hydrogens is 378 g/mol. The van der Waals surface area contributed by atoms with Crippen molar-refractivity contribution in [3.63, 3.8) is 0 Å². The molecule has 28 heavy (non-hydrogen) atoms. The molecule has 2 aromatic rings. The maximum absolute atomic E-state index is 11.5. The highest BCUT2D eigenvalue weighted by atomic mass is 35.5. The number of pyridine rings is 1. The predicted octanol–water partition coefficient (Wildman–Crippen LogP) is 5.55.